The SMILES string of the molecule is COC(=O)c1ccc(NCCOc2ccc(Br)cc2)nn1. The van der Waals surface area contributed by atoms with Crippen molar-refractivity contribution < 1.29 is 14.3 Å². The lowest BCUT2D eigenvalue weighted by atomic mass is 10.3. The van der Waals surface area contributed by atoms with Crippen LogP contribution in [0.2, 0.25) is 0 Å². The molecule has 0 aliphatic heterocycles. The molecule has 1 aromatic carbocycles. The lowest BCUT2D eigenvalue weighted by Crippen LogP contribution is -2.13. The fourth-order valence-electron chi connectivity index (χ4n) is 1.52. The quantitative estimate of drug-likeness (QED) is 0.636. The summed E-state index contributed by atoms with van der Waals surface area (Å²) in [6, 6.07) is 10.8. The first-order valence-electron chi connectivity index (χ1n) is 6.23. The standard InChI is InChI=1S/C14H14BrN3O3/c1-20-14(19)12-6-7-13(18-17-12)16-8-9-21-11-4-2-10(15)3-5-11/h2-7H,8-9H2,1H3,(H,16,18). The van der Waals surface area contributed by atoms with E-state index in [1.54, 1.807) is 12.1 Å². The molecule has 21 heavy (non-hydrogen) atoms. The van der Waals surface area contributed by atoms with Crippen LogP contribution in [0.4, 0.5) is 5.82 Å². The molecule has 0 bridgehead atoms. The number of anilines is 1. The van der Waals surface area contributed by atoms with E-state index in [1.165, 1.54) is 7.11 Å². The monoisotopic (exact) mass is 351 g/mol. The zero-order chi connectivity index (χ0) is 15.1. The van der Waals surface area contributed by atoms with E-state index in [1.807, 2.05) is 24.3 Å². The molecule has 0 spiro atoms. The second kappa shape index (κ2) is 7.58. The van der Waals surface area contributed by atoms with Crippen LogP contribution in [0.3, 0.4) is 0 Å². The van der Waals surface area contributed by atoms with Gasteiger partial charge in [-0.1, -0.05) is 15.9 Å². The summed E-state index contributed by atoms with van der Waals surface area (Å²) in [5.41, 5.74) is 0.175. The predicted molar refractivity (Wildman–Crippen MR) is 81.5 cm³/mol. The molecule has 2 aromatic rings. The molecule has 110 valence electrons. The lowest BCUT2D eigenvalue weighted by molar-refractivity contribution is 0.0593. The number of nitrogens with one attached hydrogen (secondary N) is 1. The van der Waals surface area contributed by atoms with Gasteiger partial charge in [0.15, 0.2) is 5.69 Å². The highest BCUT2D eigenvalue weighted by Gasteiger charge is 2.07. The highest BCUT2D eigenvalue weighted by molar-refractivity contribution is 9.10. The molecule has 0 aliphatic carbocycles. The molecule has 1 aromatic heterocycles. The molecule has 2 rings (SSSR count). The van der Waals surface area contributed by atoms with Crippen molar-refractivity contribution >= 4 is 27.7 Å². The Bertz CT molecular complexity index is 587. The molecule has 1 N–H and O–H groups in total. The van der Waals surface area contributed by atoms with Crippen molar-refractivity contribution in [3.05, 3.63) is 46.6 Å². The third-order valence-corrected chi connectivity index (χ3v) is 3.08. The second-order valence-electron chi connectivity index (χ2n) is 4.02. The Labute approximate surface area is 130 Å². The van der Waals surface area contributed by atoms with Gasteiger partial charge in [-0.05, 0) is 36.4 Å². The van der Waals surface area contributed by atoms with Gasteiger partial charge in [0.05, 0.1) is 13.7 Å². The van der Waals surface area contributed by atoms with Gasteiger partial charge < -0.3 is 14.8 Å². The van der Waals surface area contributed by atoms with Crippen molar-refractivity contribution in [2.75, 3.05) is 25.6 Å². The zero-order valence-corrected chi connectivity index (χ0v) is 13.0. The smallest absolute Gasteiger partial charge is 0.358 e. The molecule has 0 saturated heterocycles. The summed E-state index contributed by atoms with van der Waals surface area (Å²) in [5, 5.41) is 10.7. The minimum atomic E-state index is -0.507. The summed E-state index contributed by atoms with van der Waals surface area (Å²) in [6.07, 6.45) is 0. The molecule has 0 saturated carbocycles. The largest absolute Gasteiger partial charge is 0.492 e. The number of ether oxygens (including phenoxy) is 2. The number of esters is 1. The molecule has 1 heterocycles. The molecule has 0 amide bonds. The molecular formula is C14H14BrN3O3. The van der Waals surface area contributed by atoms with Crippen LogP contribution in [0.25, 0.3) is 0 Å². The van der Waals surface area contributed by atoms with Gasteiger partial charge in [0.1, 0.15) is 18.2 Å². The molecule has 0 fully saturated rings. The van der Waals surface area contributed by atoms with Crippen LogP contribution < -0.4 is 10.1 Å². The van der Waals surface area contributed by atoms with Gasteiger partial charge in [0.25, 0.3) is 0 Å². The third kappa shape index (κ3) is 4.71. The van der Waals surface area contributed by atoms with Crippen molar-refractivity contribution in [3.8, 4) is 5.75 Å². The average molecular weight is 352 g/mol. The highest BCUT2D eigenvalue weighted by atomic mass is 79.9. The molecule has 0 radical (unpaired) electrons. The van der Waals surface area contributed by atoms with Crippen molar-refractivity contribution in [1.29, 1.82) is 0 Å². The summed E-state index contributed by atoms with van der Waals surface area (Å²) in [6.45, 7) is 1.06. The number of hydrogen-bond acceptors (Lipinski definition) is 6. The van der Waals surface area contributed by atoms with Gasteiger partial charge >= 0.3 is 5.97 Å². The van der Waals surface area contributed by atoms with Crippen LogP contribution in [0, 0.1) is 0 Å². The second-order valence-corrected chi connectivity index (χ2v) is 4.94. The minimum Gasteiger partial charge on any atom is -0.492 e. The Hall–Kier alpha value is -2.15. The van der Waals surface area contributed by atoms with Crippen molar-refractivity contribution in [1.82, 2.24) is 10.2 Å². The van der Waals surface area contributed by atoms with E-state index in [-0.39, 0.29) is 5.69 Å². The average Bonchev–Trinajstić information content (AvgIpc) is 2.53. The number of hydrogen-bond donors (Lipinski definition) is 1. The summed E-state index contributed by atoms with van der Waals surface area (Å²) in [7, 11) is 1.30. The first-order chi connectivity index (χ1) is 10.2. The lowest BCUT2D eigenvalue weighted by Gasteiger charge is -2.08. The molecule has 0 atom stereocenters. The van der Waals surface area contributed by atoms with Crippen molar-refractivity contribution in [2.24, 2.45) is 0 Å². The van der Waals surface area contributed by atoms with Crippen LogP contribution in [-0.4, -0.2) is 36.4 Å². The topological polar surface area (TPSA) is 73.3 Å². The number of rotatable bonds is 6. The summed E-state index contributed by atoms with van der Waals surface area (Å²) in [4.78, 5) is 11.2. The van der Waals surface area contributed by atoms with Crippen LogP contribution in [-0.2, 0) is 4.74 Å². The summed E-state index contributed by atoms with van der Waals surface area (Å²) < 4.78 is 11.1. The van der Waals surface area contributed by atoms with Gasteiger partial charge in [-0.15, -0.1) is 10.2 Å². The zero-order valence-electron chi connectivity index (χ0n) is 11.4. The van der Waals surface area contributed by atoms with Crippen molar-refractivity contribution in [3.63, 3.8) is 0 Å². The Kier molecular flexibility index (Phi) is 5.51. The van der Waals surface area contributed by atoms with Crippen LogP contribution in [0.1, 0.15) is 10.5 Å². The maximum absolute atomic E-state index is 11.2. The molecule has 0 unspecified atom stereocenters. The van der Waals surface area contributed by atoms with E-state index in [9.17, 15) is 4.79 Å². The minimum absolute atomic E-state index is 0.175. The number of halogens is 1. The van der Waals surface area contributed by atoms with Crippen molar-refractivity contribution in [2.45, 2.75) is 0 Å². The molecular weight excluding hydrogens is 338 g/mol. The Balaban J connectivity index is 1.75. The van der Waals surface area contributed by atoms with Gasteiger partial charge in [-0.3, -0.25) is 0 Å². The van der Waals surface area contributed by atoms with Gasteiger partial charge in [-0.25, -0.2) is 4.79 Å². The fraction of sp³-hybridized carbons (Fsp3) is 0.214. The van der Waals surface area contributed by atoms with Crippen LogP contribution in [0.5, 0.6) is 5.75 Å². The number of methoxy groups -OCH3 is 1. The van der Waals surface area contributed by atoms with Gasteiger partial charge in [0, 0.05) is 4.47 Å². The number of carbonyl (C=O) groups is 1. The Morgan fingerprint density at radius 1 is 1.19 bits per heavy atom. The van der Waals surface area contributed by atoms with E-state index in [2.05, 4.69) is 36.2 Å². The third-order valence-electron chi connectivity index (χ3n) is 2.55. The van der Waals surface area contributed by atoms with E-state index >= 15 is 0 Å². The summed E-state index contributed by atoms with van der Waals surface area (Å²) >= 11 is 3.36. The normalized spacial score (nSPS) is 10.0. The number of nitrogens with zero attached hydrogens (tertiary/aromatic N) is 2. The number of carbonyl (C=O) groups excluding carboxylic acids is 1. The molecule has 6 nitrogen and oxygen atoms in total. The highest BCUT2D eigenvalue weighted by Crippen LogP contribution is 2.15. The Morgan fingerprint density at radius 2 is 1.95 bits per heavy atom. The molecule has 7 heteroatoms. The first-order valence-corrected chi connectivity index (χ1v) is 7.02. The molecule has 0 aliphatic rings. The maximum atomic E-state index is 11.2. The predicted octanol–water partition coefficient (Wildman–Crippen LogP) is 2.52. The van der Waals surface area contributed by atoms with E-state index in [0.717, 1.165) is 10.2 Å². The van der Waals surface area contributed by atoms with E-state index < -0.39 is 5.97 Å². The van der Waals surface area contributed by atoms with Crippen LogP contribution in [0.15, 0.2) is 40.9 Å². The van der Waals surface area contributed by atoms with Gasteiger partial charge in [-0.2, -0.15) is 0 Å². The van der Waals surface area contributed by atoms with Gasteiger partial charge in [0.2, 0.25) is 0 Å². The van der Waals surface area contributed by atoms with E-state index in [0.29, 0.717) is 19.0 Å². The fourth-order valence-corrected chi connectivity index (χ4v) is 1.78. The maximum Gasteiger partial charge on any atom is 0.358 e. The first kappa shape index (κ1) is 15.2. The van der Waals surface area contributed by atoms with E-state index in [4.69, 9.17) is 4.74 Å². The summed E-state index contributed by atoms with van der Waals surface area (Å²) in [5.74, 6) is 0.863. The number of aromatic nitrogens is 2. The Morgan fingerprint density at radius 3 is 2.57 bits per heavy atom. The number of benzene rings is 1. The van der Waals surface area contributed by atoms with Crippen LogP contribution >= 0.6 is 15.9 Å².